The van der Waals surface area contributed by atoms with Gasteiger partial charge in [0.15, 0.2) is 5.96 Å². The zero-order chi connectivity index (χ0) is 27.1. The molecule has 35 heavy (non-hydrogen) atoms. The van der Waals surface area contributed by atoms with Gasteiger partial charge in [0, 0.05) is 18.7 Å². The van der Waals surface area contributed by atoms with Crippen molar-refractivity contribution < 1.29 is 44.1 Å². The predicted molar refractivity (Wildman–Crippen MR) is 124 cm³/mol. The fraction of sp³-hybridized carbons (Fsp3) is 0.611. The van der Waals surface area contributed by atoms with Crippen molar-refractivity contribution in [3.05, 3.63) is 0 Å². The summed E-state index contributed by atoms with van der Waals surface area (Å²) in [5.74, 6) is -7.26. The van der Waals surface area contributed by atoms with Gasteiger partial charge in [-0.15, -0.1) is 0 Å². The predicted octanol–water partition coefficient (Wildman–Crippen LogP) is -3.82. The molecule has 0 saturated heterocycles. The van der Waals surface area contributed by atoms with E-state index in [2.05, 4.69) is 33.6 Å². The second-order valence-electron chi connectivity index (χ2n) is 7.29. The highest BCUT2D eigenvalue weighted by atomic mass is 32.1. The second kappa shape index (κ2) is 16.1. The van der Waals surface area contributed by atoms with Gasteiger partial charge in [0.25, 0.3) is 0 Å². The number of carbonyl (C=O) groups excluding carboxylic acids is 3. The Morgan fingerprint density at radius 1 is 0.800 bits per heavy atom. The van der Waals surface area contributed by atoms with E-state index in [4.69, 9.17) is 27.4 Å². The van der Waals surface area contributed by atoms with E-state index in [0.717, 1.165) is 0 Å². The first-order valence-electron chi connectivity index (χ1n) is 10.3. The minimum atomic E-state index is -1.53. The normalized spacial score (nSPS) is 13.9. The van der Waals surface area contributed by atoms with Gasteiger partial charge in [0.2, 0.25) is 17.7 Å². The summed E-state index contributed by atoms with van der Waals surface area (Å²) in [6, 6.07) is -5.59. The van der Waals surface area contributed by atoms with Crippen molar-refractivity contribution in [1.82, 2.24) is 16.0 Å². The molecule has 4 unspecified atom stereocenters. The van der Waals surface area contributed by atoms with E-state index in [1.54, 1.807) is 0 Å². The number of nitrogens with zero attached hydrogens (tertiary/aromatic N) is 1. The SMILES string of the molecule is NC(N)=NCCCC(NC(=O)C(N)CC(=O)O)C(=O)NC(CS)C(=O)NC(CCC(=O)O)C(=O)O. The van der Waals surface area contributed by atoms with Gasteiger partial charge in [-0.25, -0.2) is 4.79 Å². The van der Waals surface area contributed by atoms with E-state index in [0.29, 0.717) is 0 Å². The summed E-state index contributed by atoms with van der Waals surface area (Å²) in [7, 11) is 0. The number of carboxylic acids is 3. The maximum atomic E-state index is 12.8. The van der Waals surface area contributed by atoms with E-state index < -0.39 is 79.1 Å². The summed E-state index contributed by atoms with van der Waals surface area (Å²) in [4.78, 5) is 74.0. The number of rotatable bonds is 17. The topological polar surface area (TPSA) is 290 Å². The van der Waals surface area contributed by atoms with Crippen molar-refractivity contribution in [1.29, 1.82) is 0 Å². The van der Waals surface area contributed by atoms with E-state index in [1.165, 1.54) is 0 Å². The van der Waals surface area contributed by atoms with E-state index in [1.807, 2.05) is 0 Å². The Hall–Kier alpha value is -3.60. The summed E-state index contributed by atoms with van der Waals surface area (Å²) in [6.07, 6.45) is -1.42. The molecule has 0 fully saturated rings. The maximum absolute atomic E-state index is 12.8. The van der Waals surface area contributed by atoms with Gasteiger partial charge in [0.1, 0.15) is 18.1 Å². The molecule has 0 rings (SSSR count). The van der Waals surface area contributed by atoms with Crippen molar-refractivity contribution in [2.75, 3.05) is 12.3 Å². The Morgan fingerprint density at radius 3 is 1.83 bits per heavy atom. The van der Waals surface area contributed by atoms with Crippen LogP contribution in [0.4, 0.5) is 0 Å². The Labute approximate surface area is 205 Å². The van der Waals surface area contributed by atoms with Gasteiger partial charge >= 0.3 is 17.9 Å². The Morgan fingerprint density at radius 2 is 1.34 bits per heavy atom. The Balaban J connectivity index is 5.38. The van der Waals surface area contributed by atoms with Gasteiger partial charge in [-0.2, -0.15) is 12.6 Å². The molecular formula is C18H31N7O9S. The molecule has 0 heterocycles. The van der Waals surface area contributed by atoms with Crippen LogP contribution in [0.2, 0.25) is 0 Å². The lowest BCUT2D eigenvalue weighted by Crippen LogP contribution is -2.57. The smallest absolute Gasteiger partial charge is 0.326 e. The molecule has 0 aliphatic carbocycles. The number of hydrogen-bond acceptors (Lipinski definition) is 9. The third kappa shape index (κ3) is 13.6. The lowest BCUT2D eigenvalue weighted by atomic mass is 10.1. The van der Waals surface area contributed by atoms with Crippen LogP contribution in [0.15, 0.2) is 4.99 Å². The van der Waals surface area contributed by atoms with Crippen LogP contribution >= 0.6 is 12.6 Å². The molecule has 4 atom stereocenters. The molecule has 0 aromatic heterocycles. The van der Waals surface area contributed by atoms with Crippen LogP contribution in [0.1, 0.15) is 32.1 Å². The third-order valence-electron chi connectivity index (χ3n) is 4.39. The first kappa shape index (κ1) is 31.4. The first-order chi connectivity index (χ1) is 16.3. The van der Waals surface area contributed by atoms with Crippen LogP contribution in [0.5, 0.6) is 0 Å². The van der Waals surface area contributed by atoms with Crippen molar-refractivity contribution in [3.8, 4) is 0 Å². The second-order valence-corrected chi connectivity index (χ2v) is 7.66. The summed E-state index contributed by atoms with van der Waals surface area (Å²) >= 11 is 3.97. The standard InChI is InChI=1S/C18H31N7O9S/c19-8(6-13(28)29)14(30)23-9(2-1-5-22-18(20)21)15(31)25-11(7-35)16(32)24-10(17(33)34)3-4-12(26)27/h8-11,35H,1-7,19H2,(H,23,30)(H,24,32)(H,25,31)(H,26,27)(H,28,29)(H,33,34)(H4,20,21,22). The lowest BCUT2D eigenvalue weighted by Gasteiger charge is -2.24. The lowest BCUT2D eigenvalue weighted by molar-refractivity contribution is -0.143. The fourth-order valence-electron chi connectivity index (χ4n) is 2.60. The number of carbonyl (C=O) groups is 6. The van der Waals surface area contributed by atoms with Gasteiger partial charge in [-0.3, -0.25) is 29.0 Å². The van der Waals surface area contributed by atoms with Crippen molar-refractivity contribution in [2.24, 2.45) is 22.2 Å². The molecule has 0 radical (unpaired) electrons. The number of carboxylic acid groups (broad SMARTS) is 3. The van der Waals surface area contributed by atoms with Crippen molar-refractivity contribution in [2.45, 2.75) is 56.3 Å². The number of aliphatic carboxylic acids is 3. The highest BCUT2D eigenvalue weighted by Gasteiger charge is 2.30. The number of nitrogens with two attached hydrogens (primary N) is 3. The number of hydrogen-bond donors (Lipinski definition) is 10. The quantitative estimate of drug-likeness (QED) is 0.0381. The van der Waals surface area contributed by atoms with E-state index >= 15 is 0 Å². The number of guanidine groups is 1. The van der Waals surface area contributed by atoms with Gasteiger partial charge in [-0.05, 0) is 19.3 Å². The van der Waals surface area contributed by atoms with E-state index in [-0.39, 0.29) is 31.1 Å². The zero-order valence-corrected chi connectivity index (χ0v) is 19.6. The molecule has 198 valence electrons. The first-order valence-corrected chi connectivity index (χ1v) is 10.9. The largest absolute Gasteiger partial charge is 0.481 e. The van der Waals surface area contributed by atoms with Crippen LogP contribution in [0.3, 0.4) is 0 Å². The van der Waals surface area contributed by atoms with Crippen LogP contribution in [0, 0.1) is 0 Å². The molecule has 12 N–H and O–H groups in total. The number of amides is 3. The van der Waals surface area contributed by atoms with Crippen molar-refractivity contribution >= 4 is 54.2 Å². The molecule has 0 aromatic rings. The van der Waals surface area contributed by atoms with Gasteiger partial charge in [0.05, 0.1) is 12.5 Å². The molecule has 0 spiro atoms. The minimum Gasteiger partial charge on any atom is -0.481 e. The van der Waals surface area contributed by atoms with Crippen LogP contribution in [-0.4, -0.2) is 93.4 Å². The monoisotopic (exact) mass is 521 g/mol. The van der Waals surface area contributed by atoms with Crippen LogP contribution in [-0.2, 0) is 28.8 Å². The summed E-state index contributed by atoms with van der Waals surface area (Å²) < 4.78 is 0. The molecule has 0 aliphatic heterocycles. The Kier molecular flexibility index (Phi) is 14.4. The fourth-order valence-corrected chi connectivity index (χ4v) is 2.85. The average molecular weight is 522 g/mol. The maximum Gasteiger partial charge on any atom is 0.326 e. The van der Waals surface area contributed by atoms with Gasteiger partial charge in [-0.1, -0.05) is 0 Å². The molecule has 3 amide bonds. The highest BCUT2D eigenvalue weighted by molar-refractivity contribution is 7.80. The summed E-state index contributed by atoms with van der Waals surface area (Å²) in [5, 5.41) is 33.4. The molecule has 0 bridgehead atoms. The van der Waals surface area contributed by atoms with E-state index in [9.17, 15) is 33.9 Å². The zero-order valence-electron chi connectivity index (χ0n) is 18.7. The van der Waals surface area contributed by atoms with Crippen molar-refractivity contribution in [3.63, 3.8) is 0 Å². The average Bonchev–Trinajstić information content (AvgIpc) is 2.75. The Bertz CT molecular complexity index is 820. The summed E-state index contributed by atoms with van der Waals surface area (Å²) in [5.41, 5.74) is 16.0. The highest BCUT2D eigenvalue weighted by Crippen LogP contribution is 2.04. The molecular weight excluding hydrogens is 490 g/mol. The number of thiol groups is 1. The third-order valence-corrected chi connectivity index (χ3v) is 4.75. The molecule has 0 aromatic carbocycles. The molecule has 16 nitrogen and oxygen atoms in total. The van der Waals surface area contributed by atoms with Gasteiger partial charge < -0.3 is 48.5 Å². The van der Waals surface area contributed by atoms with Crippen LogP contribution in [0.25, 0.3) is 0 Å². The molecule has 17 heteroatoms. The minimum absolute atomic E-state index is 0.0224. The molecule has 0 saturated carbocycles. The summed E-state index contributed by atoms with van der Waals surface area (Å²) in [6.45, 7) is 0.101. The number of aliphatic imine (C=N–C) groups is 1. The molecule has 0 aliphatic rings. The number of nitrogens with one attached hydrogen (secondary N) is 3. The van der Waals surface area contributed by atoms with Crippen LogP contribution < -0.4 is 33.2 Å².